The van der Waals surface area contributed by atoms with Crippen LogP contribution in [0.4, 0.5) is 0 Å². The fraction of sp³-hybridized carbons (Fsp3) is 0.200. The Hall–Kier alpha value is -1.39. The fourth-order valence-electron chi connectivity index (χ4n) is 1.31. The number of methoxy groups -OCH3 is 1. The third-order valence-corrected chi connectivity index (χ3v) is 2.25. The summed E-state index contributed by atoms with van der Waals surface area (Å²) in [6.45, 7) is 0.479. The first-order valence-corrected chi connectivity index (χ1v) is 4.83. The second kappa shape index (κ2) is 4.42. The maximum atomic E-state index is 6.02. The van der Waals surface area contributed by atoms with E-state index in [9.17, 15) is 0 Å². The van der Waals surface area contributed by atoms with Crippen molar-refractivity contribution >= 4 is 11.6 Å². The Kier molecular flexibility index (Phi) is 2.99. The number of rotatable bonds is 3. The smallest absolute Gasteiger partial charge is 0.172 e. The first-order valence-electron chi connectivity index (χ1n) is 4.45. The van der Waals surface area contributed by atoms with E-state index in [-0.39, 0.29) is 0 Å². The molecule has 0 aromatic carbocycles. The number of nitrogens with zero attached hydrogens (tertiary/aromatic N) is 3. The molecule has 0 aliphatic rings. The molecule has 78 valence electrons. The van der Waals surface area contributed by atoms with Crippen molar-refractivity contribution in [2.45, 2.75) is 6.61 Å². The Labute approximate surface area is 92.5 Å². The van der Waals surface area contributed by atoms with Crippen molar-refractivity contribution in [2.75, 3.05) is 7.11 Å². The second-order valence-electron chi connectivity index (χ2n) is 2.98. The Morgan fingerprint density at radius 1 is 1.40 bits per heavy atom. The molecule has 5 heteroatoms. The van der Waals surface area contributed by atoms with Crippen molar-refractivity contribution in [1.29, 1.82) is 0 Å². The van der Waals surface area contributed by atoms with Crippen molar-refractivity contribution in [1.82, 2.24) is 14.8 Å². The molecule has 0 unspecified atom stereocenters. The minimum Gasteiger partial charge on any atom is -0.378 e. The van der Waals surface area contributed by atoms with Gasteiger partial charge in [-0.2, -0.15) is 5.10 Å². The molecule has 2 rings (SSSR count). The van der Waals surface area contributed by atoms with Crippen LogP contribution in [0.15, 0.2) is 30.6 Å². The zero-order chi connectivity index (χ0) is 10.7. The molecule has 0 atom stereocenters. The van der Waals surface area contributed by atoms with Crippen molar-refractivity contribution in [3.8, 4) is 5.82 Å². The fourth-order valence-corrected chi connectivity index (χ4v) is 1.51. The van der Waals surface area contributed by atoms with E-state index < -0.39 is 0 Å². The summed E-state index contributed by atoms with van der Waals surface area (Å²) in [5.41, 5.74) is 0.915. The molecule has 0 fully saturated rings. The van der Waals surface area contributed by atoms with Gasteiger partial charge in [-0.15, -0.1) is 0 Å². The monoisotopic (exact) mass is 223 g/mol. The van der Waals surface area contributed by atoms with Crippen LogP contribution < -0.4 is 0 Å². The largest absolute Gasteiger partial charge is 0.378 e. The number of hydrogen-bond acceptors (Lipinski definition) is 3. The van der Waals surface area contributed by atoms with Crippen LogP contribution in [-0.4, -0.2) is 21.9 Å². The van der Waals surface area contributed by atoms with Crippen molar-refractivity contribution in [3.05, 3.63) is 41.3 Å². The van der Waals surface area contributed by atoms with Gasteiger partial charge in [-0.05, 0) is 18.2 Å². The SMILES string of the molecule is COCc1ccnn1-c1ncccc1Cl. The first-order chi connectivity index (χ1) is 7.33. The lowest BCUT2D eigenvalue weighted by Gasteiger charge is -2.06. The highest BCUT2D eigenvalue weighted by Crippen LogP contribution is 2.18. The standard InChI is InChI=1S/C10H10ClN3O/c1-15-7-8-4-6-13-14(8)10-9(11)3-2-5-12-10/h2-6H,7H2,1H3. The van der Waals surface area contributed by atoms with Gasteiger partial charge in [0.2, 0.25) is 0 Å². The van der Waals surface area contributed by atoms with Gasteiger partial charge in [0.15, 0.2) is 5.82 Å². The van der Waals surface area contributed by atoms with E-state index in [0.717, 1.165) is 5.69 Å². The molecule has 0 aliphatic carbocycles. The Bertz CT molecular complexity index is 455. The van der Waals surface area contributed by atoms with Crippen LogP contribution in [0.1, 0.15) is 5.69 Å². The molecule has 0 aliphatic heterocycles. The van der Waals surface area contributed by atoms with Crippen molar-refractivity contribution in [3.63, 3.8) is 0 Å². The maximum absolute atomic E-state index is 6.02. The second-order valence-corrected chi connectivity index (χ2v) is 3.38. The van der Waals surface area contributed by atoms with Gasteiger partial charge in [0.05, 0.1) is 17.3 Å². The zero-order valence-corrected chi connectivity index (χ0v) is 8.98. The Balaban J connectivity index is 2.45. The molecular formula is C10H10ClN3O. The molecule has 0 saturated heterocycles. The van der Waals surface area contributed by atoms with E-state index in [1.807, 2.05) is 6.07 Å². The van der Waals surface area contributed by atoms with E-state index in [0.29, 0.717) is 17.4 Å². The molecule has 15 heavy (non-hydrogen) atoms. The highest BCUT2D eigenvalue weighted by molar-refractivity contribution is 6.32. The zero-order valence-electron chi connectivity index (χ0n) is 8.22. The number of pyridine rings is 1. The Morgan fingerprint density at radius 3 is 3.00 bits per heavy atom. The molecule has 2 aromatic rings. The number of halogens is 1. The minimum absolute atomic E-state index is 0.479. The number of aromatic nitrogens is 3. The van der Waals surface area contributed by atoms with Crippen LogP contribution in [0.3, 0.4) is 0 Å². The van der Waals surface area contributed by atoms with Crippen LogP contribution in [0, 0.1) is 0 Å². The van der Waals surface area contributed by atoms with Gasteiger partial charge >= 0.3 is 0 Å². The molecule has 0 N–H and O–H groups in total. The quantitative estimate of drug-likeness (QED) is 0.800. The molecular weight excluding hydrogens is 214 g/mol. The summed E-state index contributed by atoms with van der Waals surface area (Å²) in [6.07, 6.45) is 3.37. The van der Waals surface area contributed by atoms with E-state index in [1.165, 1.54) is 0 Å². The summed E-state index contributed by atoms with van der Waals surface area (Å²) in [5.74, 6) is 0.621. The van der Waals surface area contributed by atoms with Gasteiger partial charge in [0.1, 0.15) is 0 Å². The van der Waals surface area contributed by atoms with E-state index in [1.54, 1.807) is 36.3 Å². The lowest BCUT2D eigenvalue weighted by Crippen LogP contribution is -2.05. The summed E-state index contributed by atoms with van der Waals surface area (Å²) in [4.78, 5) is 4.18. The normalized spacial score (nSPS) is 10.5. The number of hydrogen-bond donors (Lipinski definition) is 0. The van der Waals surface area contributed by atoms with Gasteiger partial charge in [-0.25, -0.2) is 9.67 Å². The lowest BCUT2D eigenvalue weighted by molar-refractivity contribution is 0.179. The average Bonchev–Trinajstić information content (AvgIpc) is 2.67. The predicted molar refractivity (Wildman–Crippen MR) is 57.1 cm³/mol. The molecule has 0 bridgehead atoms. The molecule has 0 radical (unpaired) electrons. The molecule has 2 aromatic heterocycles. The van der Waals surface area contributed by atoms with E-state index in [2.05, 4.69) is 10.1 Å². The van der Waals surface area contributed by atoms with Crippen LogP contribution in [0.2, 0.25) is 5.02 Å². The first kappa shape index (κ1) is 10.1. The third-order valence-electron chi connectivity index (χ3n) is 1.95. The van der Waals surface area contributed by atoms with Crippen LogP contribution in [0.25, 0.3) is 5.82 Å². The molecule has 0 saturated carbocycles. The van der Waals surface area contributed by atoms with Gasteiger partial charge in [0, 0.05) is 19.5 Å². The highest BCUT2D eigenvalue weighted by atomic mass is 35.5. The summed E-state index contributed by atoms with van der Waals surface area (Å²) >= 11 is 6.02. The van der Waals surface area contributed by atoms with Gasteiger partial charge in [-0.1, -0.05) is 11.6 Å². The van der Waals surface area contributed by atoms with E-state index >= 15 is 0 Å². The van der Waals surface area contributed by atoms with Gasteiger partial charge in [-0.3, -0.25) is 0 Å². The summed E-state index contributed by atoms with van der Waals surface area (Å²) in [6, 6.07) is 5.43. The maximum Gasteiger partial charge on any atom is 0.172 e. The average molecular weight is 224 g/mol. The van der Waals surface area contributed by atoms with Crippen LogP contribution in [0.5, 0.6) is 0 Å². The van der Waals surface area contributed by atoms with Crippen LogP contribution in [-0.2, 0) is 11.3 Å². The van der Waals surface area contributed by atoms with Gasteiger partial charge < -0.3 is 4.74 Å². The molecule has 0 amide bonds. The van der Waals surface area contributed by atoms with E-state index in [4.69, 9.17) is 16.3 Å². The minimum atomic E-state index is 0.479. The number of ether oxygens (including phenoxy) is 1. The summed E-state index contributed by atoms with van der Waals surface area (Å²) in [5, 5.41) is 4.72. The molecule has 0 spiro atoms. The van der Waals surface area contributed by atoms with Gasteiger partial charge in [0.25, 0.3) is 0 Å². The van der Waals surface area contributed by atoms with Crippen molar-refractivity contribution < 1.29 is 4.74 Å². The third kappa shape index (κ3) is 2.00. The van der Waals surface area contributed by atoms with Crippen LogP contribution >= 0.6 is 11.6 Å². The Morgan fingerprint density at radius 2 is 2.27 bits per heavy atom. The predicted octanol–water partition coefficient (Wildman–Crippen LogP) is 2.07. The summed E-state index contributed by atoms with van der Waals surface area (Å²) in [7, 11) is 1.64. The molecule has 2 heterocycles. The topological polar surface area (TPSA) is 39.9 Å². The highest BCUT2D eigenvalue weighted by Gasteiger charge is 2.08. The van der Waals surface area contributed by atoms with Crippen molar-refractivity contribution in [2.24, 2.45) is 0 Å². The lowest BCUT2D eigenvalue weighted by atomic mass is 10.4. The summed E-state index contributed by atoms with van der Waals surface area (Å²) < 4.78 is 6.73. The molecule has 4 nitrogen and oxygen atoms in total.